The molecule has 9 heteroatoms. The van der Waals surface area contributed by atoms with E-state index in [1.165, 1.54) is 0 Å². The fourth-order valence-electron chi connectivity index (χ4n) is 4.39. The van der Waals surface area contributed by atoms with Crippen LogP contribution < -0.4 is 5.32 Å². The molecule has 0 radical (unpaired) electrons. The van der Waals surface area contributed by atoms with Crippen molar-refractivity contribution in [3.63, 3.8) is 0 Å². The molecule has 1 aliphatic rings. The first kappa shape index (κ1) is 24.2. The highest BCUT2D eigenvalue weighted by molar-refractivity contribution is 6.03. The monoisotopic (exact) mass is 496 g/mol. The molecule has 2 aromatic heterocycles. The Hall–Kier alpha value is -4.53. The zero-order chi connectivity index (χ0) is 25.8. The van der Waals surface area contributed by atoms with Gasteiger partial charge in [0.1, 0.15) is 12.2 Å². The summed E-state index contributed by atoms with van der Waals surface area (Å²) in [7, 11) is 0. The third-order valence-corrected chi connectivity index (χ3v) is 6.45. The van der Waals surface area contributed by atoms with Gasteiger partial charge in [-0.25, -0.2) is 4.98 Å². The second kappa shape index (κ2) is 10.6. The van der Waals surface area contributed by atoms with E-state index < -0.39 is 0 Å². The first-order valence-corrected chi connectivity index (χ1v) is 12.4. The van der Waals surface area contributed by atoms with Crippen LogP contribution in [0.3, 0.4) is 0 Å². The van der Waals surface area contributed by atoms with Gasteiger partial charge < -0.3 is 15.1 Å². The van der Waals surface area contributed by atoms with E-state index in [0.717, 1.165) is 23.0 Å². The minimum atomic E-state index is -0.276. The summed E-state index contributed by atoms with van der Waals surface area (Å²) in [6, 6.07) is 20.0. The van der Waals surface area contributed by atoms with Crippen molar-refractivity contribution in [3.05, 3.63) is 89.9 Å². The molecule has 3 amide bonds. The topological polar surface area (TPSA) is 100 Å². The van der Waals surface area contributed by atoms with Crippen LogP contribution in [0.4, 0.5) is 5.69 Å². The Balaban J connectivity index is 1.19. The van der Waals surface area contributed by atoms with Gasteiger partial charge in [-0.1, -0.05) is 31.2 Å². The van der Waals surface area contributed by atoms with Gasteiger partial charge in [-0.2, -0.15) is 5.10 Å². The molecular formula is C28H28N6O3. The molecule has 37 heavy (non-hydrogen) atoms. The van der Waals surface area contributed by atoms with Crippen LogP contribution >= 0.6 is 0 Å². The highest BCUT2D eigenvalue weighted by atomic mass is 16.2. The summed E-state index contributed by atoms with van der Waals surface area (Å²) >= 11 is 0. The largest absolute Gasteiger partial charge is 0.338 e. The molecule has 0 bridgehead atoms. The van der Waals surface area contributed by atoms with Crippen LogP contribution in [0.2, 0.25) is 0 Å². The van der Waals surface area contributed by atoms with Crippen LogP contribution in [0, 0.1) is 0 Å². The molecule has 1 N–H and O–H groups in total. The van der Waals surface area contributed by atoms with Crippen molar-refractivity contribution in [2.45, 2.75) is 19.9 Å². The van der Waals surface area contributed by atoms with E-state index in [4.69, 9.17) is 0 Å². The SMILES string of the molecule is CCc1cccc(C(=O)Nc2ccc3nn(CC(=O)N4CCN(C(=O)c5ccccc5)CC4)cc3c2)n1. The minimum absolute atomic E-state index is 0.0113. The van der Waals surface area contributed by atoms with Gasteiger partial charge in [-0.05, 0) is 48.9 Å². The molecule has 0 aliphatic carbocycles. The Kier molecular flexibility index (Phi) is 6.93. The van der Waals surface area contributed by atoms with Crippen molar-refractivity contribution in [1.29, 1.82) is 0 Å². The summed E-state index contributed by atoms with van der Waals surface area (Å²) in [5.74, 6) is -0.333. The van der Waals surface area contributed by atoms with Gasteiger partial charge >= 0.3 is 0 Å². The Bertz CT molecular complexity index is 1440. The van der Waals surface area contributed by atoms with Crippen LogP contribution in [0.5, 0.6) is 0 Å². The second-order valence-electron chi connectivity index (χ2n) is 8.96. The smallest absolute Gasteiger partial charge is 0.274 e. The number of amides is 3. The summed E-state index contributed by atoms with van der Waals surface area (Å²) in [6.07, 6.45) is 2.56. The average Bonchev–Trinajstić information content (AvgIpc) is 3.34. The molecule has 0 atom stereocenters. The predicted octanol–water partition coefficient (Wildman–Crippen LogP) is 3.23. The lowest BCUT2D eigenvalue weighted by Crippen LogP contribution is -2.51. The number of hydrogen-bond donors (Lipinski definition) is 1. The highest BCUT2D eigenvalue weighted by Gasteiger charge is 2.25. The van der Waals surface area contributed by atoms with Gasteiger partial charge in [-0.3, -0.25) is 19.1 Å². The van der Waals surface area contributed by atoms with Gasteiger partial charge in [0, 0.05) is 54.7 Å². The molecule has 9 nitrogen and oxygen atoms in total. The summed E-state index contributed by atoms with van der Waals surface area (Å²) in [5, 5.41) is 8.21. The van der Waals surface area contributed by atoms with E-state index in [2.05, 4.69) is 15.4 Å². The number of anilines is 1. The van der Waals surface area contributed by atoms with E-state index in [0.29, 0.717) is 43.1 Å². The number of fused-ring (bicyclic) bond motifs is 1. The summed E-state index contributed by atoms with van der Waals surface area (Å²) in [5.41, 5.74) is 3.25. The van der Waals surface area contributed by atoms with Crippen LogP contribution in [0.15, 0.2) is 72.9 Å². The average molecular weight is 497 g/mol. The van der Waals surface area contributed by atoms with Crippen molar-refractivity contribution >= 4 is 34.3 Å². The summed E-state index contributed by atoms with van der Waals surface area (Å²) in [4.78, 5) is 46.1. The highest BCUT2D eigenvalue weighted by Crippen LogP contribution is 2.19. The Morgan fingerprint density at radius 3 is 2.41 bits per heavy atom. The Labute approximate surface area is 214 Å². The fourth-order valence-corrected chi connectivity index (χ4v) is 4.39. The van der Waals surface area contributed by atoms with E-state index >= 15 is 0 Å². The molecule has 4 aromatic rings. The number of aromatic nitrogens is 3. The Morgan fingerprint density at radius 1 is 0.892 bits per heavy atom. The standard InChI is InChI=1S/C28H28N6O3/c1-2-22-9-6-10-25(29-22)27(36)30-23-11-12-24-21(17-23)18-34(31-24)19-26(35)32-13-15-33(16-14-32)28(37)20-7-4-3-5-8-20/h3-12,17-18H,2,13-16,19H2,1H3,(H,30,36). The zero-order valence-corrected chi connectivity index (χ0v) is 20.6. The number of nitrogens with zero attached hydrogens (tertiary/aromatic N) is 5. The van der Waals surface area contributed by atoms with Crippen molar-refractivity contribution in [2.75, 3.05) is 31.5 Å². The van der Waals surface area contributed by atoms with Crippen LogP contribution in [0.1, 0.15) is 33.5 Å². The zero-order valence-electron chi connectivity index (χ0n) is 20.6. The normalized spacial score (nSPS) is 13.5. The number of pyridine rings is 1. The van der Waals surface area contributed by atoms with Crippen molar-refractivity contribution in [2.24, 2.45) is 0 Å². The van der Waals surface area contributed by atoms with Crippen LogP contribution in [-0.4, -0.2) is 68.5 Å². The number of aryl methyl sites for hydroxylation is 1. The van der Waals surface area contributed by atoms with Gasteiger partial charge in [-0.15, -0.1) is 0 Å². The third kappa shape index (κ3) is 5.50. The van der Waals surface area contributed by atoms with E-state index in [1.54, 1.807) is 44.9 Å². The van der Waals surface area contributed by atoms with Crippen molar-refractivity contribution in [3.8, 4) is 0 Å². The predicted molar refractivity (Wildman–Crippen MR) is 140 cm³/mol. The van der Waals surface area contributed by atoms with E-state index in [1.807, 2.05) is 49.4 Å². The maximum Gasteiger partial charge on any atom is 0.274 e. The lowest BCUT2D eigenvalue weighted by Gasteiger charge is -2.34. The van der Waals surface area contributed by atoms with Crippen molar-refractivity contribution in [1.82, 2.24) is 24.6 Å². The molecule has 1 saturated heterocycles. The lowest BCUT2D eigenvalue weighted by molar-refractivity contribution is -0.133. The van der Waals surface area contributed by atoms with Gasteiger partial charge in [0.25, 0.3) is 11.8 Å². The van der Waals surface area contributed by atoms with E-state index in [-0.39, 0.29) is 24.3 Å². The molecular weight excluding hydrogens is 468 g/mol. The molecule has 0 spiro atoms. The minimum Gasteiger partial charge on any atom is -0.338 e. The summed E-state index contributed by atoms with van der Waals surface area (Å²) < 4.78 is 1.62. The molecule has 0 unspecified atom stereocenters. The number of piperazine rings is 1. The van der Waals surface area contributed by atoms with Crippen LogP contribution in [-0.2, 0) is 17.8 Å². The third-order valence-electron chi connectivity index (χ3n) is 6.45. The number of benzene rings is 2. The molecule has 5 rings (SSSR count). The number of carbonyl (C=O) groups is 3. The van der Waals surface area contributed by atoms with Crippen molar-refractivity contribution < 1.29 is 14.4 Å². The lowest BCUT2D eigenvalue weighted by atomic mass is 10.2. The van der Waals surface area contributed by atoms with E-state index in [9.17, 15) is 14.4 Å². The maximum atomic E-state index is 12.9. The second-order valence-corrected chi connectivity index (χ2v) is 8.96. The molecule has 188 valence electrons. The number of rotatable bonds is 6. The first-order valence-electron chi connectivity index (χ1n) is 12.4. The molecule has 1 fully saturated rings. The Morgan fingerprint density at radius 2 is 1.65 bits per heavy atom. The number of hydrogen-bond acceptors (Lipinski definition) is 5. The van der Waals surface area contributed by atoms with Gasteiger partial charge in [0.15, 0.2) is 0 Å². The number of carbonyl (C=O) groups excluding carboxylic acids is 3. The fraction of sp³-hybridized carbons (Fsp3) is 0.250. The summed E-state index contributed by atoms with van der Waals surface area (Å²) in [6.45, 7) is 4.08. The number of nitrogens with one attached hydrogen (secondary N) is 1. The molecule has 0 saturated carbocycles. The maximum absolute atomic E-state index is 12.9. The molecule has 3 heterocycles. The van der Waals surface area contributed by atoms with Crippen LogP contribution in [0.25, 0.3) is 10.9 Å². The van der Waals surface area contributed by atoms with Gasteiger partial charge in [0.05, 0.1) is 5.52 Å². The first-order chi connectivity index (χ1) is 18.0. The quantitative estimate of drug-likeness (QED) is 0.442. The van der Waals surface area contributed by atoms with Gasteiger partial charge in [0.2, 0.25) is 5.91 Å². The molecule has 2 aromatic carbocycles. The molecule has 1 aliphatic heterocycles.